The Morgan fingerprint density at radius 2 is 1.96 bits per heavy atom. The molecule has 1 aromatic heterocycles. The fraction of sp³-hybridized carbons (Fsp3) is 0.588. The lowest BCUT2D eigenvalue weighted by molar-refractivity contribution is -0.144. The fourth-order valence-electron chi connectivity index (χ4n) is 2.69. The summed E-state index contributed by atoms with van der Waals surface area (Å²) < 4.78 is 4.98. The number of likely N-dealkylation sites (tertiary alicyclic amines) is 1. The number of hydrogen-bond donors (Lipinski definition) is 2. The van der Waals surface area contributed by atoms with Gasteiger partial charge in [0.05, 0.1) is 6.26 Å². The van der Waals surface area contributed by atoms with Crippen LogP contribution in [-0.2, 0) is 9.59 Å². The highest BCUT2D eigenvalue weighted by molar-refractivity contribution is 5.91. The topological polar surface area (TPSA) is 91.7 Å². The van der Waals surface area contributed by atoms with Crippen molar-refractivity contribution in [2.75, 3.05) is 19.6 Å². The molecule has 0 aromatic carbocycles. The maximum atomic E-state index is 12.4. The molecule has 24 heavy (non-hydrogen) atoms. The Labute approximate surface area is 141 Å². The van der Waals surface area contributed by atoms with Gasteiger partial charge in [-0.25, -0.2) is 0 Å². The number of nitrogens with one attached hydrogen (secondary N) is 2. The van der Waals surface area contributed by atoms with E-state index in [4.69, 9.17) is 4.42 Å². The van der Waals surface area contributed by atoms with E-state index < -0.39 is 11.5 Å². The van der Waals surface area contributed by atoms with Gasteiger partial charge in [-0.3, -0.25) is 14.4 Å². The number of amides is 3. The Morgan fingerprint density at radius 1 is 1.25 bits per heavy atom. The van der Waals surface area contributed by atoms with E-state index in [0.29, 0.717) is 26.1 Å². The quantitative estimate of drug-likeness (QED) is 0.790. The van der Waals surface area contributed by atoms with E-state index in [2.05, 4.69) is 10.6 Å². The van der Waals surface area contributed by atoms with Crippen LogP contribution < -0.4 is 10.6 Å². The Kier molecular flexibility index (Phi) is 5.64. The molecule has 1 unspecified atom stereocenters. The molecule has 132 valence electrons. The van der Waals surface area contributed by atoms with Crippen molar-refractivity contribution in [2.45, 2.75) is 39.7 Å². The summed E-state index contributed by atoms with van der Waals surface area (Å²) in [6, 6.07) is 2.79. The zero-order valence-corrected chi connectivity index (χ0v) is 14.4. The summed E-state index contributed by atoms with van der Waals surface area (Å²) in [4.78, 5) is 38.1. The molecule has 7 heteroatoms. The van der Waals surface area contributed by atoms with Crippen LogP contribution >= 0.6 is 0 Å². The average molecular weight is 335 g/mol. The summed E-state index contributed by atoms with van der Waals surface area (Å²) in [5.74, 6) is -0.262. The van der Waals surface area contributed by atoms with E-state index in [0.717, 1.165) is 6.42 Å². The third kappa shape index (κ3) is 4.37. The van der Waals surface area contributed by atoms with E-state index in [9.17, 15) is 14.4 Å². The highest BCUT2D eigenvalue weighted by atomic mass is 16.3. The highest BCUT2D eigenvalue weighted by Crippen LogP contribution is 2.25. The van der Waals surface area contributed by atoms with Crippen molar-refractivity contribution in [3.63, 3.8) is 0 Å². The van der Waals surface area contributed by atoms with E-state index in [1.165, 1.54) is 6.26 Å². The van der Waals surface area contributed by atoms with Crippen LogP contribution in [0.4, 0.5) is 0 Å². The summed E-state index contributed by atoms with van der Waals surface area (Å²) >= 11 is 0. The summed E-state index contributed by atoms with van der Waals surface area (Å²) in [6.45, 7) is 6.78. The fourth-order valence-corrected chi connectivity index (χ4v) is 2.69. The molecule has 2 N–H and O–H groups in total. The SMILES string of the molecule is CC(C)(C)C(=O)N1CCCC1C(=O)NCCNC(=O)c1ccco1. The molecule has 0 bridgehead atoms. The van der Waals surface area contributed by atoms with Gasteiger partial charge in [0.15, 0.2) is 5.76 Å². The maximum Gasteiger partial charge on any atom is 0.287 e. The normalized spacial score (nSPS) is 17.6. The Hall–Kier alpha value is -2.31. The lowest BCUT2D eigenvalue weighted by Gasteiger charge is -2.30. The van der Waals surface area contributed by atoms with Crippen LogP contribution in [0.5, 0.6) is 0 Å². The van der Waals surface area contributed by atoms with Gasteiger partial charge in [-0.1, -0.05) is 20.8 Å². The molecule has 1 aliphatic rings. The second-order valence-corrected chi connectivity index (χ2v) is 6.93. The molecule has 2 rings (SSSR count). The van der Waals surface area contributed by atoms with Crippen LogP contribution in [0.25, 0.3) is 0 Å². The van der Waals surface area contributed by atoms with Crippen LogP contribution in [0.1, 0.15) is 44.2 Å². The highest BCUT2D eigenvalue weighted by Gasteiger charge is 2.38. The van der Waals surface area contributed by atoms with Gasteiger partial charge in [-0.15, -0.1) is 0 Å². The lowest BCUT2D eigenvalue weighted by Crippen LogP contribution is -2.50. The minimum absolute atomic E-state index is 0.00808. The third-order valence-corrected chi connectivity index (χ3v) is 3.91. The van der Waals surface area contributed by atoms with Crippen LogP contribution in [0.15, 0.2) is 22.8 Å². The number of hydrogen-bond acceptors (Lipinski definition) is 4. The predicted molar refractivity (Wildman–Crippen MR) is 88.2 cm³/mol. The first-order valence-corrected chi connectivity index (χ1v) is 8.21. The molecule has 3 amide bonds. The van der Waals surface area contributed by atoms with Crippen LogP contribution in [0.2, 0.25) is 0 Å². The molecule has 0 radical (unpaired) electrons. The van der Waals surface area contributed by atoms with Crippen LogP contribution in [-0.4, -0.2) is 48.3 Å². The molecule has 7 nitrogen and oxygen atoms in total. The van der Waals surface area contributed by atoms with Crippen molar-refractivity contribution in [3.8, 4) is 0 Å². The van der Waals surface area contributed by atoms with Gasteiger partial charge in [0.1, 0.15) is 6.04 Å². The van der Waals surface area contributed by atoms with Gasteiger partial charge in [-0.2, -0.15) is 0 Å². The monoisotopic (exact) mass is 335 g/mol. The molecule has 0 saturated carbocycles. The van der Waals surface area contributed by atoms with E-state index in [1.807, 2.05) is 20.8 Å². The summed E-state index contributed by atoms with van der Waals surface area (Å²) in [6.07, 6.45) is 2.93. The van der Waals surface area contributed by atoms with Gasteiger partial charge in [0, 0.05) is 25.0 Å². The van der Waals surface area contributed by atoms with Crippen LogP contribution in [0.3, 0.4) is 0 Å². The van der Waals surface area contributed by atoms with Crippen molar-refractivity contribution >= 4 is 17.7 Å². The minimum atomic E-state index is -0.500. The molecular formula is C17H25N3O4. The first-order chi connectivity index (χ1) is 11.3. The number of carbonyl (C=O) groups is 3. The van der Waals surface area contributed by atoms with Gasteiger partial charge in [0.25, 0.3) is 5.91 Å². The van der Waals surface area contributed by atoms with E-state index in [-0.39, 0.29) is 23.5 Å². The Morgan fingerprint density at radius 3 is 2.58 bits per heavy atom. The summed E-state index contributed by atoms with van der Waals surface area (Å²) in [5, 5.41) is 5.44. The maximum absolute atomic E-state index is 12.4. The Balaban J connectivity index is 1.77. The van der Waals surface area contributed by atoms with Crippen molar-refractivity contribution in [2.24, 2.45) is 5.41 Å². The molecule has 1 aliphatic heterocycles. The molecule has 2 heterocycles. The second kappa shape index (κ2) is 7.51. The predicted octanol–water partition coefficient (Wildman–Crippen LogP) is 1.16. The second-order valence-electron chi connectivity index (χ2n) is 6.93. The number of carbonyl (C=O) groups excluding carboxylic acids is 3. The molecular weight excluding hydrogens is 310 g/mol. The van der Waals surface area contributed by atoms with E-state index >= 15 is 0 Å². The molecule has 1 aromatic rings. The zero-order valence-electron chi connectivity index (χ0n) is 14.4. The summed E-state index contributed by atoms with van der Waals surface area (Å²) in [5.41, 5.74) is -0.500. The van der Waals surface area contributed by atoms with Crippen molar-refractivity contribution in [1.29, 1.82) is 0 Å². The van der Waals surface area contributed by atoms with Crippen LogP contribution in [0, 0.1) is 5.41 Å². The van der Waals surface area contributed by atoms with Gasteiger partial charge < -0.3 is 20.0 Å². The van der Waals surface area contributed by atoms with Gasteiger partial charge >= 0.3 is 0 Å². The van der Waals surface area contributed by atoms with Crippen molar-refractivity contribution in [3.05, 3.63) is 24.2 Å². The third-order valence-electron chi connectivity index (χ3n) is 3.91. The van der Waals surface area contributed by atoms with Crippen molar-refractivity contribution < 1.29 is 18.8 Å². The standard InChI is InChI=1S/C17H25N3O4/c1-17(2,3)16(23)20-10-4-6-12(20)14(21)18-8-9-19-15(22)13-7-5-11-24-13/h5,7,11-12H,4,6,8-10H2,1-3H3,(H,18,21)(H,19,22). The van der Waals surface area contributed by atoms with Gasteiger partial charge in [0.2, 0.25) is 11.8 Å². The number of furan rings is 1. The zero-order chi connectivity index (χ0) is 17.7. The molecule has 1 saturated heterocycles. The lowest BCUT2D eigenvalue weighted by atomic mass is 9.94. The summed E-state index contributed by atoms with van der Waals surface area (Å²) in [7, 11) is 0. The molecule has 0 aliphatic carbocycles. The minimum Gasteiger partial charge on any atom is -0.459 e. The first kappa shape index (κ1) is 18.0. The average Bonchev–Trinajstić information content (AvgIpc) is 3.20. The first-order valence-electron chi connectivity index (χ1n) is 8.21. The van der Waals surface area contributed by atoms with Crippen molar-refractivity contribution in [1.82, 2.24) is 15.5 Å². The van der Waals surface area contributed by atoms with Gasteiger partial charge in [-0.05, 0) is 25.0 Å². The van der Waals surface area contributed by atoms with E-state index in [1.54, 1.807) is 17.0 Å². The largest absolute Gasteiger partial charge is 0.459 e. The molecule has 1 fully saturated rings. The smallest absolute Gasteiger partial charge is 0.287 e. The number of rotatable bonds is 5. The number of nitrogens with zero attached hydrogens (tertiary/aromatic N) is 1. The molecule has 0 spiro atoms. The molecule has 1 atom stereocenters. The Bertz CT molecular complexity index is 589.